The molecule has 0 bridgehead atoms. The fourth-order valence-electron chi connectivity index (χ4n) is 4.00. The number of thiophene rings is 2. The van der Waals surface area contributed by atoms with Crippen LogP contribution in [-0.4, -0.2) is 31.7 Å². The molecule has 1 unspecified atom stereocenters. The zero-order valence-corrected chi connectivity index (χ0v) is 20.7. The first kappa shape index (κ1) is 23.2. The van der Waals surface area contributed by atoms with Crippen molar-refractivity contribution < 1.29 is 13.2 Å². The monoisotopic (exact) mass is 488 g/mol. The number of rotatable bonds is 7. The van der Waals surface area contributed by atoms with Gasteiger partial charge in [-0.05, 0) is 52.8 Å². The molecule has 8 heteroatoms. The van der Waals surface area contributed by atoms with Crippen molar-refractivity contribution in [3.05, 3.63) is 75.3 Å². The first-order chi connectivity index (χ1) is 15.4. The van der Waals surface area contributed by atoms with E-state index in [4.69, 9.17) is 0 Å². The minimum atomic E-state index is -3.46. The summed E-state index contributed by atoms with van der Waals surface area (Å²) in [7, 11) is -3.46. The number of sulfonamides is 1. The molecule has 1 amide bonds. The van der Waals surface area contributed by atoms with Gasteiger partial charge in [0.2, 0.25) is 5.91 Å². The predicted molar refractivity (Wildman–Crippen MR) is 131 cm³/mol. The molecule has 1 atom stereocenters. The van der Waals surface area contributed by atoms with Crippen LogP contribution in [0.3, 0.4) is 0 Å². The van der Waals surface area contributed by atoms with Gasteiger partial charge in [-0.3, -0.25) is 4.79 Å². The average Bonchev–Trinajstić information content (AvgIpc) is 3.52. The van der Waals surface area contributed by atoms with E-state index in [-0.39, 0.29) is 17.9 Å². The summed E-state index contributed by atoms with van der Waals surface area (Å²) in [6.45, 7) is 5.06. The number of hydrogen-bond donors (Lipinski definition) is 1. The Kier molecular flexibility index (Phi) is 7.14. The number of carbonyl (C=O) groups excluding carboxylic acids is 1. The van der Waals surface area contributed by atoms with Crippen LogP contribution in [0.5, 0.6) is 0 Å². The summed E-state index contributed by atoms with van der Waals surface area (Å²) in [6.07, 6.45) is 1.06. The molecule has 0 saturated carbocycles. The second kappa shape index (κ2) is 9.87. The van der Waals surface area contributed by atoms with Crippen LogP contribution >= 0.6 is 22.7 Å². The molecule has 1 aliphatic heterocycles. The molecule has 1 aliphatic rings. The average molecular weight is 489 g/mol. The quantitative estimate of drug-likeness (QED) is 0.495. The van der Waals surface area contributed by atoms with Gasteiger partial charge in [0.15, 0.2) is 0 Å². The molecule has 170 valence electrons. The maximum atomic E-state index is 13.2. The van der Waals surface area contributed by atoms with Crippen molar-refractivity contribution in [1.82, 2.24) is 9.62 Å². The van der Waals surface area contributed by atoms with Gasteiger partial charge in [-0.2, -0.15) is 4.31 Å². The van der Waals surface area contributed by atoms with Gasteiger partial charge in [0.1, 0.15) is 4.21 Å². The molecule has 1 aromatic carbocycles. The summed E-state index contributed by atoms with van der Waals surface area (Å²) < 4.78 is 27.4. The summed E-state index contributed by atoms with van der Waals surface area (Å²) in [5.74, 6) is 0.251. The van der Waals surface area contributed by atoms with Crippen LogP contribution < -0.4 is 5.32 Å². The van der Waals surface area contributed by atoms with Gasteiger partial charge in [0.05, 0.1) is 6.04 Å². The summed E-state index contributed by atoms with van der Waals surface area (Å²) in [4.78, 5) is 14.3. The Morgan fingerprint density at radius 1 is 0.969 bits per heavy atom. The van der Waals surface area contributed by atoms with Gasteiger partial charge >= 0.3 is 0 Å². The molecular formula is C24H28N2O3S3. The van der Waals surface area contributed by atoms with Gasteiger partial charge in [-0.25, -0.2) is 8.42 Å². The summed E-state index contributed by atoms with van der Waals surface area (Å²) in [5.41, 5.74) is 2.33. The van der Waals surface area contributed by atoms with E-state index in [1.54, 1.807) is 28.8 Å². The highest BCUT2D eigenvalue weighted by atomic mass is 32.2. The fourth-order valence-corrected chi connectivity index (χ4v) is 7.42. The van der Waals surface area contributed by atoms with Gasteiger partial charge in [0.25, 0.3) is 10.0 Å². The van der Waals surface area contributed by atoms with Crippen LogP contribution in [0.4, 0.5) is 0 Å². The van der Waals surface area contributed by atoms with E-state index in [1.165, 1.54) is 21.2 Å². The van der Waals surface area contributed by atoms with Crippen molar-refractivity contribution in [3.63, 3.8) is 0 Å². The Morgan fingerprint density at radius 2 is 1.59 bits per heavy atom. The second-order valence-corrected chi connectivity index (χ2v) is 12.5. The lowest BCUT2D eigenvalue weighted by Gasteiger charge is -2.31. The van der Waals surface area contributed by atoms with Gasteiger partial charge in [-0.15, -0.1) is 22.7 Å². The maximum absolute atomic E-state index is 13.2. The molecule has 5 nitrogen and oxygen atoms in total. The Hall–Kier alpha value is -2.00. The Labute approximate surface area is 198 Å². The molecule has 1 fully saturated rings. The van der Waals surface area contributed by atoms with Gasteiger partial charge in [0, 0.05) is 23.9 Å². The molecule has 32 heavy (non-hydrogen) atoms. The first-order valence-electron chi connectivity index (χ1n) is 10.8. The molecule has 1 N–H and O–H groups in total. The number of amides is 1. The Bertz CT molecular complexity index is 1110. The second-order valence-electron chi connectivity index (χ2n) is 8.39. The van der Waals surface area contributed by atoms with Crippen molar-refractivity contribution >= 4 is 38.6 Å². The normalized spacial score (nSPS) is 16.8. The van der Waals surface area contributed by atoms with E-state index < -0.39 is 10.0 Å². The SMILES string of the molecule is CC(C)c1ccc(C(NC(=O)C2CCN(S(=O)(=O)c3cccs3)CC2)c2cccs2)cc1. The molecule has 2 aromatic heterocycles. The Morgan fingerprint density at radius 3 is 2.16 bits per heavy atom. The van der Waals surface area contributed by atoms with Crippen molar-refractivity contribution in [2.75, 3.05) is 13.1 Å². The van der Waals surface area contributed by atoms with Gasteiger partial charge in [-0.1, -0.05) is 50.2 Å². The van der Waals surface area contributed by atoms with Crippen LogP contribution in [0.2, 0.25) is 0 Å². The summed E-state index contributed by atoms with van der Waals surface area (Å²) in [6, 6.07) is 15.7. The van der Waals surface area contributed by atoms with Crippen molar-refractivity contribution in [3.8, 4) is 0 Å². The Balaban J connectivity index is 1.44. The summed E-state index contributed by atoms with van der Waals surface area (Å²) in [5, 5.41) is 7.03. The van der Waals surface area contributed by atoms with E-state index in [2.05, 4.69) is 43.4 Å². The molecular weight excluding hydrogens is 460 g/mol. The van der Waals surface area contributed by atoms with Crippen molar-refractivity contribution in [2.24, 2.45) is 5.92 Å². The molecule has 3 aromatic rings. The first-order valence-corrected chi connectivity index (χ1v) is 14.0. The molecule has 0 aliphatic carbocycles. The van der Waals surface area contributed by atoms with Crippen LogP contribution in [-0.2, 0) is 14.8 Å². The predicted octanol–water partition coefficient (Wildman–Crippen LogP) is 5.24. The van der Waals surface area contributed by atoms with Crippen LogP contribution in [0, 0.1) is 5.92 Å². The standard InChI is InChI=1S/C24H28N2O3S3/c1-17(2)18-7-9-19(10-8-18)23(21-5-3-15-30-21)25-24(27)20-11-13-26(14-12-20)32(28,29)22-6-4-16-31-22/h3-10,15-17,20,23H,11-14H2,1-2H3,(H,25,27). The minimum absolute atomic E-state index is 0.00972. The maximum Gasteiger partial charge on any atom is 0.252 e. The fraction of sp³-hybridized carbons (Fsp3) is 0.375. The minimum Gasteiger partial charge on any atom is -0.344 e. The third-order valence-corrected chi connectivity index (χ3v) is 10.2. The molecule has 3 heterocycles. The van der Waals surface area contributed by atoms with Crippen molar-refractivity contribution in [2.45, 2.75) is 42.9 Å². The number of benzene rings is 1. The van der Waals surface area contributed by atoms with E-state index in [0.29, 0.717) is 36.1 Å². The van der Waals surface area contributed by atoms with E-state index in [0.717, 1.165) is 10.4 Å². The van der Waals surface area contributed by atoms with Crippen molar-refractivity contribution in [1.29, 1.82) is 0 Å². The zero-order chi connectivity index (χ0) is 22.7. The lowest BCUT2D eigenvalue weighted by atomic mass is 9.95. The lowest BCUT2D eigenvalue weighted by Crippen LogP contribution is -2.43. The number of piperidine rings is 1. The number of nitrogens with zero attached hydrogens (tertiary/aromatic N) is 1. The van der Waals surface area contributed by atoms with E-state index in [1.807, 2.05) is 17.5 Å². The largest absolute Gasteiger partial charge is 0.344 e. The topological polar surface area (TPSA) is 66.5 Å². The smallest absolute Gasteiger partial charge is 0.252 e. The van der Waals surface area contributed by atoms with Crippen LogP contribution in [0.25, 0.3) is 0 Å². The highest BCUT2D eigenvalue weighted by Crippen LogP contribution is 2.30. The third kappa shape index (κ3) is 4.98. The molecule has 1 saturated heterocycles. The third-order valence-electron chi connectivity index (χ3n) is 5.96. The molecule has 0 radical (unpaired) electrons. The van der Waals surface area contributed by atoms with E-state index in [9.17, 15) is 13.2 Å². The lowest BCUT2D eigenvalue weighted by molar-refractivity contribution is -0.126. The summed E-state index contributed by atoms with van der Waals surface area (Å²) >= 11 is 2.86. The number of carbonyl (C=O) groups is 1. The molecule has 0 spiro atoms. The number of hydrogen-bond acceptors (Lipinski definition) is 5. The number of nitrogens with one attached hydrogen (secondary N) is 1. The zero-order valence-electron chi connectivity index (χ0n) is 18.2. The highest BCUT2D eigenvalue weighted by Gasteiger charge is 2.33. The molecule has 4 rings (SSSR count). The van der Waals surface area contributed by atoms with Crippen LogP contribution in [0.1, 0.15) is 54.7 Å². The highest BCUT2D eigenvalue weighted by molar-refractivity contribution is 7.91. The van der Waals surface area contributed by atoms with Crippen LogP contribution in [0.15, 0.2) is 63.5 Å². The van der Waals surface area contributed by atoms with Gasteiger partial charge < -0.3 is 5.32 Å². The van der Waals surface area contributed by atoms with E-state index >= 15 is 0 Å².